The zero-order valence-corrected chi connectivity index (χ0v) is 19.9. The van der Waals surface area contributed by atoms with Crippen molar-refractivity contribution in [2.24, 2.45) is 0 Å². The number of hydrogen-bond donors (Lipinski definition) is 2. The molecule has 5 rings (SSSR count). The van der Waals surface area contributed by atoms with E-state index in [-0.39, 0.29) is 11.5 Å². The maximum atomic E-state index is 13.0. The molecule has 1 amide bonds. The van der Waals surface area contributed by atoms with Crippen molar-refractivity contribution in [3.63, 3.8) is 0 Å². The van der Waals surface area contributed by atoms with Gasteiger partial charge in [-0.2, -0.15) is 0 Å². The van der Waals surface area contributed by atoms with E-state index >= 15 is 0 Å². The van der Waals surface area contributed by atoms with Crippen molar-refractivity contribution in [2.75, 3.05) is 5.32 Å². The van der Waals surface area contributed by atoms with Crippen LogP contribution in [0.5, 0.6) is 0 Å². The molecule has 166 valence electrons. The number of thiophene rings is 1. The van der Waals surface area contributed by atoms with Gasteiger partial charge in [-0.3, -0.25) is 14.0 Å². The largest absolute Gasteiger partial charge is 0.321 e. The number of H-pyrrole nitrogens is 1. The van der Waals surface area contributed by atoms with Gasteiger partial charge in [0, 0.05) is 11.9 Å². The van der Waals surface area contributed by atoms with Crippen LogP contribution in [0.25, 0.3) is 15.7 Å². The molecule has 1 aromatic carbocycles. The summed E-state index contributed by atoms with van der Waals surface area (Å²) in [5, 5.41) is 4.25. The summed E-state index contributed by atoms with van der Waals surface area (Å²) in [6, 6.07) is 11.8. The standard InChI is InChI=1S/C24H21N5O2S2/c1-13-7-8-17(14(2)10-13)26-22(31)20-15(3)19-21(30)27-18(28-23(19)33-20)12-32-24-25-11-16-6-4-5-9-29(16)24/h4-11H,12H2,1-3H3,(H,26,31)(H,27,28,30). The van der Waals surface area contributed by atoms with Gasteiger partial charge in [0.1, 0.15) is 10.7 Å². The number of nitrogens with one attached hydrogen (secondary N) is 2. The molecule has 0 spiro atoms. The Balaban J connectivity index is 1.42. The number of carbonyl (C=O) groups is 1. The molecule has 9 heteroatoms. The van der Waals surface area contributed by atoms with Gasteiger partial charge >= 0.3 is 0 Å². The minimum absolute atomic E-state index is 0.233. The van der Waals surface area contributed by atoms with Crippen LogP contribution in [0.4, 0.5) is 5.69 Å². The van der Waals surface area contributed by atoms with Crippen molar-refractivity contribution in [2.45, 2.75) is 31.7 Å². The number of benzene rings is 1. The molecular formula is C24H21N5O2S2. The highest BCUT2D eigenvalue weighted by molar-refractivity contribution is 7.98. The Hall–Kier alpha value is -3.43. The van der Waals surface area contributed by atoms with Crippen LogP contribution in [0.15, 0.2) is 58.7 Å². The van der Waals surface area contributed by atoms with Crippen LogP contribution in [-0.4, -0.2) is 25.3 Å². The van der Waals surface area contributed by atoms with Crippen LogP contribution in [-0.2, 0) is 5.75 Å². The van der Waals surface area contributed by atoms with Crippen molar-refractivity contribution in [1.82, 2.24) is 19.4 Å². The fourth-order valence-corrected chi connectivity index (χ4v) is 5.70. The zero-order chi connectivity index (χ0) is 23.1. The normalized spacial score (nSPS) is 11.4. The highest BCUT2D eigenvalue weighted by Crippen LogP contribution is 2.29. The molecule has 0 saturated carbocycles. The number of imidazole rings is 1. The van der Waals surface area contributed by atoms with E-state index in [1.165, 1.54) is 23.1 Å². The predicted octanol–water partition coefficient (Wildman–Crippen LogP) is 5.10. The highest BCUT2D eigenvalue weighted by atomic mass is 32.2. The molecule has 0 bridgehead atoms. The summed E-state index contributed by atoms with van der Waals surface area (Å²) in [4.78, 5) is 38.8. The molecule has 0 unspecified atom stereocenters. The van der Waals surface area contributed by atoms with Crippen molar-refractivity contribution < 1.29 is 4.79 Å². The third kappa shape index (κ3) is 4.05. The monoisotopic (exact) mass is 475 g/mol. The lowest BCUT2D eigenvalue weighted by atomic mass is 10.1. The maximum absolute atomic E-state index is 13.0. The van der Waals surface area contributed by atoms with Crippen molar-refractivity contribution in [3.8, 4) is 0 Å². The van der Waals surface area contributed by atoms with Crippen LogP contribution < -0.4 is 10.9 Å². The van der Waals surface area contributed by atoms with E-state index in [0.717, 1.165) is 27.5 Å². The fraction of sp³-hybridized carbons (Fsp3) is 0.167. The summed E-state index contributed by atoms with van der Waals surface area (Å²) < 4.78 is 1.99. The Bertz CT molecular complexity index is 1580. The summed E-state index contributed by atoms with van der Waals surface area (Å²) in [5.41, 5.74) is 4.29. The van der Waals surface area contributed by atoms with Crippen LogP contribution >= 0.6 is 23.1 Å². The molecule has 2 N–H and O–H groups in total. The van der Waals surface area contributed by atoms with Gasteiger partial charge in [-0.25, -0.2) is 9.97 Å². The third-order valence-corrected chi connectivity index (χ3v) is 7.59. The first-order valence-corrected chi connectivity index (χ1v) is 12.2. The molecule has 0 saturated heterocycles. The molecule has 0 radical (unpaired) electrons. The van der Waals surface area contributed by atoms with E-state index in [2.05, 4.69) is 20.3 Å². The second kappa shape index (κ2) is 8.49. The topological polar surface area (TPSA) is 92.2 Å². The molecule has 0 aliphatic carbocycles. The number of anilines is 1. The quantitative estimate of drug-likeness (QED) is 0.345. The number of hydrogen-bond acceptors (Lipinski definition) is 6. The molecule has 7 nitrogen and oxygen atoms in total. The van der Waals surface area contributed by atoms with Crippen molar-refractivity contribution in [3.05, 3.63) is 86.5 Å². The Morgan fingerprint density at radius 1 is 1.21 bits per heavy atom. The molecular weight excluding hydrogens is 454 g/mol. The average Bonchev–Trinajstić information content (AvgIpc) is 3.35. The molecule has 4 aromatic heterocycles. The van der Waals surface area contributed by atoms with E-state index in [0.29, 0.717) is 32.2 Å². The van der Waals surface area contributed by atoms with Crippen LogP contribution in [0.2, 0.25) is 0 Å². The minimum Gasteiger partial charge on any atom is -0.321 e. The molecule has 0 fully saturated rings. The fourth-order valence-electron chi connectivity index (χ4n) is 3.77. The Labute approximate surface area is 197 Å². The van der Waals surface area contributed by atoms with Gasteiger partial charge in [-0.05, 0) is 50.1 Å². The summed E-state index contributed by atoms with van der Waals surface area (Å²) in [6.07, 6.45) is 3.76. The second-order valence-electron chi connectivity index (χ2n) is 7.85. The van der Waals surface area contributed by atoms with Gasteiger partial charge in [-0.15, -0.1) is 11.3 Å². The number of fused-ring (bicyclic) bond motifs is 2. The van der Waals surface area contributed by atoms with Gasteiger partial charge in [-0.1, -0.05) is 35.5 Å². The number of pyridine rings is 1. The van der Waals surface area contributed by atoms with E-state index < -0.39 is 0 Å². The first-order chi connectivity index (χ1) is 15.9. The number of thioether (sulfide) groups is 1. The Morgan fingerprint density at radius 2 is 2.06 bits per heavy atom. The molecule has 0 aliphatic rings. The van der Waals surface area contributed by atoms with E-state index in [1.54, 1.807) is 6.92 Å². The number of rotatable bonds is 5. The van der Waals surface area contributed by atoms with E-state index in [1.807, 2.05) is 67.0 Å². The zero-order valence-electron chi connectivity index (χ0n) is 18.3. The van der Waals surface area contributed by atoms with Gasteiger partial charge < -0.3 is 10.3 Å². The van der Waals surface area contributed by atoms with Crippen LogP contribution in [0.3, 0.4) is 0 Å². The smallest absolute Gasteiger partial charge is 0.266 e. The number of carbonyl (C=O) groups excluding carboxylic acids is 1. The first-order valence-electron chi connectivity index (χ1n) is 10.4. The van der Waals surface area contributed by atoms with Crippen molar-refractivity contribution in [1.29, 1.82) is 0 Å². The summed E-state index contributed by atoms with van der Waals surface area (Å²) in [7, 11) is 0. The van der Waals surface area contributed by atoms with E-state index in [4.69, 9.17) is 0 Å². The number of nitrogens with zero attached hydrogens (tertiary/aromatic N) is 3. The van der Waals surface area contributed by atoms with Gasteiger partial charge in [0.2, 0.25) is 0 Å². The lowest BCUT2D eigenvalue weighted by Crippen LogP contribution is -2.13. The van der Waals surface area contributed by atoms with Crippen LogP contribution in [0, 0.1) is 20.8 Å². The minimum atomic E-state index is -0.235. The third-order valence-electron chi connectivity index (χ3n) is 5.43. The second-order valence-corrected chi connectivity index (χ2v) is 9.79. The van der Waals surface area contributed by atoms with Crippen molar-refractivity contribution >= 4 is 50.4 Å². The van der Waals surface area contributed by atoms with Gasteiger partial charge in [0.25, 0.3) is 11.5 Å². The Morgan fingerprint density at radius 3 is 2.88 bits per heavy atom. The van der Waals surface area contributed by atoms with Gasteiger partial charge in [0.05, 0.1) is 27.7 Å². The van der Waals surface area contributed by atoms with E-state index in [9.17, 15) is 9.59 Å². The summed E-state index contributed by atoms with van der Waals surface area (Å²) >= 11 is 2.73. The summed E-state index contributed by atoms with van der Waals surface area (Å²) in [6.45, 7) is 5.76. The molecule has 0 atom stereocenters. The SMILES string of the molecule is Cc1ccc(NC(=O)c2sc3nc(CSc4ncc5ccccn45)[nH]c(=O)c3c2C)c(C)c1. The van der Waals surface area contributed by atoms with Crippen LogP contribution in [0.1, 0.15) is 32.2 Å². The number of aryl methyl sites for hydroxylation is 3. The molecule has 5 aromatic rings. The number of aromatic nitrogens is 4. The molecule has 33 heavy (non-hydrogen) atoms. The molecule has 0 aliphatic heterocycles. The number of aromatic amines is 1. The lowest BCUT2D eigenvalue weighted by molar-refractivity contribution is 0.103. The number of amides is 1. The first kappa shape index (κ1) is 21.4. The maximum Gasteiger partial charge on any atom is 0.266 e. The average molecular weight is 476 g/mol. The predicted molar refractivity (Wildman–Crippen MR) is 134 cm³/mol. The summed E-state index contributed by atoms with van der Waals surface area (Å²) in [5.74, 6) is 0.773. The lowest BCUT2D eigenvalue weighted by Gasteiger charge is -2.08. The van der Waals surface area contributed by atoms with Gasteiger partial charge in [0.15, 0.2) is 5.16 Å². The Kier molecular flexibility index (Phi) is 5.51. The highest BCUT2D eigenvalue weighted by Gasteiger charge is 2.20. The molecule has 4 heterocycles.